The van der Waals surface area contributed by atoms with Crippen molar-refractivity contribution in [2.75, 3.05) is 6.79 Å². The number of hydrogen-bond acceptors (Lipinski definition) is 4. The Morgan fingerprint density at radius 1 is 1.42 bits per heavy atom. The fraction of sp³-hybridized carbons (Fsp3) is 0.143. The highest BCUT2D eigenvalue weighted by molar-refractivity contribution is 7.79. The van der Waals surface area contributed by atoms with E-state index >= 15 is 0 Å². The molecule has 0 N–H and O–H groups in total. The third-order valence-corrected chi connectivity index (χ3v) is 2.22. The summed E-state index contributed by atoms with van der Waals surface area (Å²) in [5.74, 6) is 0.794. The zero-order valence-electron chi connectivity index (χ0n) is 5.98. The maximum absolute atomic E-state index is 10.6. The van der Waals surface area contributed by atoms with Crippen molar-refractivity contribution in [3.05, 3.63) is 18.2 Å². The molecule has 64 valence electrons. The molecule has 1 aromatic rings. The van der Waals surface area contributed by atoms with E-state index in [0.29, 0.717) is 11.5 Å². The van der Waals surface area contributed by atoms with E-state index < -0.39 is 11.1 Å². The Bertz CT molecular complexity index is 336. The van der Waals surface area contributed by atoms with Gasteiger partial charge in [0.25, 0.3) is 0 Å². The summed E-state index contributed by atoms with van der Waals surface area (Å²) in [6, 6.07) is 4.74. The minimum atomic E-state index is -2.27. The molecule has 1 aromatic carbocycles. The van der Waals surface area contributed by atoms with Gasteiger partial charge in [0, 0.05) is 0 Å². The second-order valence-corrected chi connectivity index (χ2v) is 3.13. The zero-order chi connectivity index (χ0) is 8.55. The molecule has 0 spiro atoms. The number of benzene rings is 1. The molecule has 0 saturated carbocycles. The van der Waals surface area contributed by atoms with Crippen LogP contribution in [-0.2, 0) is 11.1 Å². The smallest absolute Gasteiger partial charge is 0.231 e. The summed E-state index contributed by atoms with van der Waals surface area (Å²) >= 11 is -2.27. The van der Waals surface area contributed by atoms with Crippen LogP contribution in [0.5, 0.6) is 11.5 Å². The van der Waals surface area contributed by atoms with Gasteiger partial charge in [0.1, 0.15) is 0 Å². The summed E-state index contributed by atoms with van der Waals surface area (Å²) in [6.45, 7) is 0.0869. The van der Waals surface area contributed by atoms with Gasteiger partial charge in [0.05, 0.1) is 4.90 Å². The SMILES string of the molecule is O=S([O-])c1cccc2c1OCO2. The monoisotopic (exact) mass is 185 g/mol. The largest absolute Gasteiger partial charge is 0.768 e. The minimum Gasteiger partial charge on any atom is -0.768 e. The van der Waals surface area contributed by atoms with Crippen LogP contribution in [-0.4, -0.2) is 15.6 Å². The highest BCUT2D eigenvalue weighted by Crippen LogP contribution is 2.36. The van der Waals surface area contributed by atoms with Crippen LogP contribution in [0.15, 0.2) is 23.1 Å². The maximum atomic E-state index is 10.6. The second kappa shape index (κ2) is 2.76. The standard InChI is InChI=1S/C7H6O4S/c8-12(9)6-3-1-2-5-7(6)11-4-10-5/h1-3H,4H2,(H,8,9)/p-1. The Labute approximate surface area is 71.4 Å². The predicted molar refractivity (Wildman–Crippen MR) is 39.8 cm³/mol. The van der Waals surface area contributed by atoms with Crippen LogP contribution < -0.4 is 9.47 Å². The van der Waals surface area contributed by atoms with E-state index in [1.807, 2.05) is 0 Å². The summed E-state index contributed by atoms with van der Waals surface area (Å²) in [7, 11) is 0. The van der Waals surface area contributed by atoms with Crippen molar-refractivity contribution < 1.29 is 18.2 Å². The molecule has 0 saturated heterocycles. The van der Waals surface area contributed by atoms with E-state index in [-0.39, 0.29) is 11.7 Å². The molecule has 0 amide bonds. The van der Waals surface area contributed by atoms with E-state index in [1.165, 1.54) is 6.07 Å². The first-order valence-electron chi connectivity index (χ1n) is 3.27. The first-order chi connectivity index (χ1) is 5.79. The lowest BCUT2D eigenvalue weighted by molar-refractivity contribution is 0.172. The lowest BCUT2D eigenvalue weighted by atomic mass is 10.3. The summed E-state index contributed by atoms with van der Waals surface area (Å²) in [5, 5.41) is 0. The third kappa shape index (κ3) is 1.07. The lowest BCUT2D eigenvalue weighted by Gasteiger charge is -2.07. The normalized spacial score (nSPS) is 16.1. The van der Waals surface area contributed by atoms with Gasteiger partial charge in [-0.2, -0.15) is 0 Å². The summed E-state index contributed by atoms with van der Waals surface area (Å²) in [4.78, 5) is 0.144. The number of hydrogen-bond donors (Lipinski definition) is 0. The molecule has 0 bridgehead atoms. The Balaban J connectivity index is 2.56. The molecule has 1 unspecified atom stereocenters. The van der Waals surface area contributed by atoms with E-state index in [4.69, 9.17) is 9.47 Å². The van der Waals surface area contributed by atoms with Gasteiger partial charge in [-0.1, -0.05) is 6.07 Å². The average molecular weight is 185 g/mol. The Hall–Kier alpha value is -1.07. The molecule has 0 radical (unpaired) electrons. The molecular formula is C7H5O4S-. The van der Waals surface area contributed by atoms with Gasteiger partial charge in [-0.15, -0.1) is 0 Å². The van der Waals surface area contributed by atoms with Crippen LogP contribution in [0.1, 0.15) is 0 Å². The summed E-state index contributed by atoms with van der Waals surface area (Å²) < 4.78 is 31.2. The fourth-order valence-corrected chi connectivity index (χ4v) is 1.54. The van der Waals surface area contributed by atoms with E-state index in [2.05, 4.69) is 0 Å². The second-order valence-electron chi connectivity index (χ2n) is 2.22. The van der Waals surface area contributed by atoms with E-state index in [1.54, 1.807) is 12.1 Å². The topological polar surface area (TPSA) is 58.6 Å². The van der Waals surface area contributed by atoms with Crippen LogP contribution in [0.4, 0.5) is 0 Å². The number of ether oxygens (including phenoxy) is 2. The fourth-order valence-electron chi connectivity index (χ4n) is 1.03. The molecule has 0 fully saturated rings. The van der Waals surface area contributed by atoms with Gasteiger partial charge >= 0.3 is 0 Å². The highest BCUT2D eigenvalue weighted by Gasteiger charge is 2.16. The van der Waals surface area contributed by atoms with Crippen LogP contribution >= 0.6 is 0 Å². The first kappa shape index (κ1) is 7.57. The third-order valence-electron chi connectivity index (χ3n) is 1.54. The van der Waals surface area contributed by atoms with Crippen molar-refractivity contribution in [2.45, 2.75) is 4.90 Å². The molecule has 2 rings (SSSR count). The zero-order valence-corrected chi connectivity index (χ0v) is 6.80. The van der Waals surface area contributed by atoms with Gasteiger partial charge in [-0.25, -0.2) is 0 Å². The maximum Gasteiger partial charge on any atom is 0.231 e. The minimum absolute atomic E-state index is 0.0869. The number of fused-ring (bicyclic) bond motifs is 1. The van der Waals surface area contributed by atoms with Gasteiger partial charge in [-0.05, 0) is 23.2 Å². The van der Waals surface area contributed by atoms with Crippen molar-refractivity contribution in [3.63, 3.8) is 0 Å². The molecule has 4 nitrogen and oxygen atoms in total. The molecule has 1 aliphatic rings. The predicted octanol–water partition coefficient (Wildman–Crippen LogP) is 0.653. The molecule has 12 heavy (non-hydrogen) atoms. The summed E-state index contributed by atoms with van der Waals surface area (Å²) in [6.07, 6.45) is 0. The molecule has 1 atom stereocenters. The Morgan fingerprint density at radius 2 is 2.25 bits per heavy atom. The Morgan fingerprint density at radius 3 is 3.00 bits per heavy atom. The molecule has 1 heterocycles. The lowest BCUT2D eigenvalue weighted by Crippen LogP contribution is -1.95. The van der Waals surface area contributed by atoms with Gasteiger partial charge in [-0.3, -0.25) is 4.21 Å². The average Bonchev–Trinajstić information content (AvgIpc) is 2.49. The van der Waals surface area contributed by atoms with Crippen molar-refractivity contribution in [1.29, 1.82) is 0 Å². The van der Waals surface area contributed by atoms with Crippen molar-refractivity contribution in [2.24, 2.45) is 0 Å². The summed E-state index contributed by atoms with van der Waals surface area (Å²) in [5.41, 5.74) is 0. The van der Waals surface area contributed by atoms with Gasteiger partial charge < -0.3 is 14.0 Å². The molecule has 0 aromatic heterocycles. The van der Waals surface area contributed by atoms with Crippen molar-refractivity contribution in [3.8, 4) is 11.5 Å². The number of rotatable bonds is 1. The van der Waals surface area contributed by atoms with Crippen LogP contribution in [0, 0.1) is 0 Å². The van der Waals surface area contributed by atoms with E-state index in [9.17, 15) is 8.76 Å². The van der Waals surface area contributed by atoms with E-state index in [0.717, 1.165) is 0 Å². The molecule has 1 aliphatic heterocycles. The molecule has 5 heteroatoms. The van der Waals surface area contributed by atoms with Crippen LogP contribution in [0.25, 0.3) is 0 Å². The van der Waals surface area contributed by atoms with Gasteiger partial charge in [0.15, 0.2) is 11.5 Å². The highest BCUT2D eigenvalue weighted by atomic mass is 32.2. The van der Waals surface area contributed by atoms with Crippen LogP contribution in [0.2, 0.25) is 0 Å². The molecule has 0 aliphatic carbocycles. The van der Waals surface area contributed by atoms with Crippen molar-refractivity contribution >= 4 is 11.1 Å². The Kier molecular flexibility index (Phi) is 1.74. The first-order valence-corrected chi connectivity index (χ1v) is 4.34. The van der Waals surface area contributed by atoms with Gasteiger partial charge in [0.2, 0.25) is 6.79 Å². The van der Waals surface area contributed by atoms with Crippen LogP contribution in [0.3, 0.4) is 0 Å². The quantitative estimate of drug-likeness (QED) is 0.603. The molecular weight excluding hydrogens is 180 g/mol. The van der Waals surface area contributed by atoms with Crippen molar-refractivity contribution in [1.82, 2.24) is 0 Å². The number of para-hydroxylation sites is 1.